The van der Waals surface area contributed by atoms with Crippen LogP contribution in [0.25, 0.3) is 0 Å². The number of furan rings is 1. The molecule has 3 aromatic rings. The van der Waals surface area contributed by atoms with Crippen molar-refractivity contribution in [1.82, 2.24) is 14.7 Å². The standard InChI is InChI=1S/C20H23N3O2/c1-14-15(2)25-16(3)19(14)20(24)22(4)11-18-10-21-23(13-18)12-17-8-6-5-7-9-17/h5-10,13H,11-12H2,1-4H3. The van der Waals surface area contributed by atoms with Gasteiger partial charge in [-0.05, 0) is 26.3 Å². The van der Waals surface area contributed by atoms with Crippen LogP contribution < -0.4 is 0 Å². The van der Waals surface area contributed by atoms with Crippen LogP contribution in [-0.4, -0.2) is 27.6 Å². The second kappa shape index (κ2) is 6.97. The molecule has 1 aromatic carbocycles. The minimum absolute atomic E-state index is 0.0253. The average Bonchev–Trinajstić information content (AvgIpc) is 3.12. The van der Waals surface area contributed by atoms with E-state index in [1.54, 1.807) is 11.9 Å². The van der Waals surface area contributed by atoms with Crippen LogP contribution in [0.4, 0.5) is 0 Å². The molecule has 2 heterocycles. The number of carbonyl (C=O) groups excluding carboxylic acids is 1. The summed E-state index contributed by atoms with van der Waals surface area (Å²) in [5.74, 6) is 1.44. The SMILES string of the molecule is Cc1oc(C)c(C(=O)N(C)Cc2cnn(Cc3ccccc3)c2)c1C. The van der Waals surface area contributed by atoms with E-state index in [-0.39, 0.29) is 5.91 Å². The first kappa shape index (κ1) is 17.0. The molecule has 3 rings (SSSR count). The van der Waals surface area contributed by atoms with Crippen molar-refractivity contribution in [2.75, 3.05) is 7.05 Å². The summed E-state index contributed by atoms with van der Waals surface area (Å²) >= 11 is 0. The third-order valence-corrected chi connectivity index (χ3v) is 4.42. The molecule has 1 amide bonds. The lowest BCUT2D eigenvalue weighted by Gasteiger charge is -2.16. The number of rotatable bonds is 5. The summed E-state index contributed by atoms with van der Waals surface area (Å²) in [6.45, 7) is 6.87. The maximum atomic E-state index is 12.7. The largest absolute Gasteiger partial charge is 0.466 e. The maximum Gasteiger partial charge on any atom is 0.257 e. The highest BCUT2D eigenvalue weighted by Crippen LogP contribution is 2.22. The Balaban J connectivity index is 1.69. The van der Waals surface area contributed by atoms with Gasteiger partial charge in [0.25, 0.3) is 5.91 Å². The highest BCUT2D eigenvalue weighted by molar-refractivity contribution is 5.96. The van der Waals surface area contributed by atoms with Crippen LogP contribution in [0.1, 0.15) is 38.6 Å². The molecule has 0 atom stereocenters. The van der Waals surface area contributed by atoms with E-state index in [0.29, 0.717) is 17.9 Å². The normalized spacial score (nSPS) is 10.9. The van der Waals surface area contributed by atoms with Gasteiger partial charge in [-0.25, -0.2) is 0 Å². The Hall–Kier alpha value is -2.82. The molecule has 25 heavy (non-hydrogen) atoms. The minimum atomic E-state index is -0.0253. The molecule has 0 saturated carbocycles. The summed E-state index contributed by atoms with van der Waals surface area (Å²) in [6, 6.07) is 10.2. The lowest BCUT2D eigenvalue weighted by molar-refractivity contribution is 0.0782. The van der Waals surface area contributed by atoms with E-state index in [1.807, 2.05) is 56.0 Å². The monoisotopic (exact) mass is 337 g/mol. The molecule has 0 bridgehead atoms. The van der Waals surface area contributed by atoms with Crippen LogP contribution in [0.3, 0.4) is 0 Å². The zero-order valence-electron chi connectivity index (χ0n) is 15.1. The molecular formula is C20H23N3O2. The second-order valence-electron chi connectivity index (χ2n) is 6.41. The fourth-order valence-corrected chi connectivity index (χ4v) is 2.99. The predicted molar refractivity (Wildman–Crippen MR) is 96.5 cm³/mol. The lowest BCUT2D eigenvalue weighted by atomic mass is 10.1. The molecule has 130 valence electrons. The molecule has 0 spiro atoms. The van der Waals surface area contributed by atoms with E-state index in [2.05, 4.69) is 17.2 Å². The summed E-state index contributed by atoms with van der Waals surface area (Å²) in [7, 11) is 1.80. The number of benzene rings is 1. The molecule has 0 fully saturated rings. The number of nitrogens with zero attached hydrogens (tertiary/aromatic N) is 3. The Morgan fingerprint density at radius 3 is 2.48 bits per heavy atom. The van der Waals surface area contributed by atoms with Gasteiger partial charge in [-0.3, -0.25) is 9.48 Å². The topological polar surface area (TPSA) is 51.3 Å². The molecule has 0 aliphatic rings. The minimum Gasteiger partial charge on any atom is -0.466 e. The summed E-state index contributed by atoms with van der Waals surface area (Å²) in [5.41, 5.74) is 3.77. The van der Waals surface area contributed by atoms with Crippen LogP contribution >= 0.6 is 0 Å². The van der Waals surface area contributed by atoms with E-state index in [4.69, 9.17) is 4.42 Å². The quantitative estimate of drug-likeness (QED) is 0.713. The van der Waals surface area contributed by atoms with Crippen molar-refractivity contribution in [3.63, 3.8) is 0 Å². The Labute approximate surface area is 147 Å². The summed E-state index contributed by atoms with van der Waals surface area (Å²) < 4.78 is 7.46. The molecule has 0 unspecified atom stereocenters. The zero-order chi connectivity index (χ0) is 18.0. The van der Waals surface area contributed by atoms with Gasteiger partial charge in [-0.1, -0.05) is 30.3 Å². The number of hydrogen-bond donors (Lipinski definition) is 0. The van der Waals surface area contributed by atoms with Gasteiger partial charge in [0.2, 0.25) is 0 Å². The number of amides is 1. The van der Waals surface area contributed by atoms with E-state index >= 15 is 0 Å². The average molecular weight is 337 g/mol. The van der Waals surface area contributed by atoms with Crippen LogP contribution in [0.2, 0.25) is 0 Å². The van der Waals surface area contributed by atoms with E-state index in [1.165, 1.54) is 5.56 Å². The fourth-order valence-electron chi connectivity index (χ4n) is 2.99. The van der Waals surface area contributed by atoms with Gasteiger partial charge >= 0.3 is 0 Å². The van der Waals surface area contributed by atoms with Crippen molar-refractivity contribution in [2.24, 2.45) is 0 Å². The Morgan fingerprint density at radius 1 is 1.12 bits per heavy atom. The fraction of sp³-hybridized carbons (Fsp3) is 0.300. The molecule has 0 aliphatic carbocycles. The second-order valence-corrected chi connectivity index (χ2v) is 6.41. The van der Waals surface area contributed by atoms with Gasteiger partial charge < -0.3 is 9.32 Å². The van der Waals surface area contributed by atoms with Gasteiger partial charge in [-0.15, -0.1) is 0 Å². The van der Waals surface area contributed by atoms with Gasteiger partial charge in [-0.2, -0.15) is 5.10 Å². The van der Waals surface area contributed by atoms with Gasteiger partial charge in [0.15, 0.2) is 0 Å². The summed E-state index contributed by atoms with van der Waals surface area (Å²) in [5, 5.41) is 4.40. The highest BCUT2D eigenvalue weighted by Gasteiger charge is 2.22. The number of aromatic nitrogens is 2. The smallest absolute Gasteiger partial charge is 0.257 e. The summed E-state index contributed by atoms with van der Waals surface area (Å²) in [6.07, 6.45) is 3.80. The van der Waals surface area contributed by atoms with E-state index in [9.17, 15) is 4.79 Å². The van der Waals surface area contributed by atoms with Gasteiger partial charge in [0.05, 0.1) is 18.3 Å². The first-order valence-corrected chi connectivity index (χ1v) is 8.33. The van der Waals surface area contributed by atoms with Crippen LogP contribution in [-0.2, 0) is 13.1 Å². The molecular weight excluding hydrogens is 314 g/mol. The first-order valence-electron chi connectivity index (χ1n) is 8.33. The number of aryl methyl sites for hydroxylation is 2. The van der Waals surface area contributed by atoms with Crippen LogP contribution in [0, 0.1) is 20.8 Å². The van der Waals surface area contributed by atoms with Gasteiger partial charge in [0.1, 0.15) is 11.5 Å². The molecule has 0 N–H and O–H groups in total. The van der Waals surface area contributed by atoms with Crippen molar-refractivity contribution in [2.45, 2.75) is 33.9 Å². The Kier molecular flexibility index (Phi) is 4.74. The van der Waals surface area contributed by atoms with Crippen molar-refractivity contribution in [3.8, 4) is 0 Å². The molecule has 5 heteroatoms. The van der Waals surface area contributed by atoms with Crippen molar-refractivity contribution in [3.05, 3.63) is 76.5 Å². The van der Waals surface area contributed by atoms with Crippen LogP contribution in [0.15, 0.2) is 47.1 Å². The molecule has 0 aliphatic heterocycles. The summed E-state index contributed by atoms with van der Waals surface area (Å²) in [4.78, 5) is 14.4. The predicted octanol–water partition coefficient (Wildman–Crippen LogP) is 3.72. The third kappa shape index (κ3) is 3.65. The van der Waals surface area contributed by atoms with Gasteiger partial charge in [0, 0.05) is 30.9 Å². The molecule has 2 aromatic heterocycles. The maximum absolute atomic E-state index is 12.7. The van der Waals surface area contributed by atoms with Crippen LogP contribution in [0.5, 0.6) is 0 Å². The van der Waals surface area contributed by atoms with Crippen molar-refractivity contribution < 1.29 is 9.21 Å². The first-order chi connectivity index (χ1) is 12.0. The van der Waals surface area contributed by atoms with Crippen molar-refractivity contribution >= 4 is 5.91 Å². The third-order valence-electron chi connectivity index (χ3n) is 4.42. The molecule has 5 nitrogen and oxygen atoms in total. The Bertz CT molecular complexity index is 878. The Morgan fingerprint density at radius 2 is 1.84 bits per heavy atom. The molecule has 0 radical (unpaired) electrons. The van der Waals surface area contributed by atoms with E-state index in [0.717, 1.165) is 23.4 Å². The highest BCUT2D eigenvalue weighted by atomic mass is 16.3. The van der Waals surface area contributed by atoms with Crippen molar-refractivity contribution in [1.29, 1.82) is 0 Å². The number of hydrogen-bond acceptors (Lipinski definition) is 3. The number of carbonyl (C=O) groups is 1. The molecule has 0 saturated heterocycles. The lowest BCUT2D eigenvalue weighted by Crippen LogP contribution is -2.26. The van der Waals surface area contributed by atoms with E-state index < -0.39 is 0 Å². The zero-order valence-corrected chi connectivity index (χ0v) is 15.1.